The monoisotopic (exact) mass is 184 g/mol. The summed E-state index contributed by atoms with van der Waals surface area (Å²) in [6, 6.07) is 4.03. The number of aryl methyl sites for hydroxylation is 1. The van der Waals surface area contributed by atoms with Gasteiger partial charge in [0.1, 0.15) is 0 Å². The molecule has 1 aromatic heterocycles. The number of halogens is 1. The molecule has 1 rings (SSSR count). The zero-order valence-electron chi connectivity index (χ0n) is 7.13. The number of pyridine rings is 1. The molecule has 1 unspecified atom stereocenters. The largest absolute Gasteiger partial charge is 0.328 e. The Labute approximate surface area is 77.8 Å². The van der Waals surface area contributed by atoms with E-state index in [0.717, 1.165) is 18.5 Å². The standard InChI is InChI=1S/C9H13ClN2/c1-7(11)2-4-9-5-3-8(10)6-12-9/h3,5-7H,2,4,11H2,1H3. The molecule has 12 heavy (non-hydrogen) atoms. The maximum Gasteiger partial charge on any atom is 0.0589 e. The summed E-state index contributed by atoms with van der Waals surface area (Å²) in [5, 5.41) is 0.680. The normalized spacial score (nSPS) is 12.9. The number of rotatable bonds is 3. The molecule has 0 saturated carbocycles. The van der Waals surface area contributed by atoms with Crippen LogP contribution in [-0.4, -0.2) is 11.0 Å². The van der Waals surface area contributed by atoms with Crippen molar-refractivity contribution < 1.29 is 0 Å². The fourth-order valence-corrected chi connectivity index (χ4v) is 1.04. The fraction of sp³-hybridized carbons (Fsp3) is 0.444. The SMILES string of the molecule is CC(N)CCc1ccc(Cl)cn1. The van der Waals surface area contributed by atoms with Gasteiger partial charge in [0.2, 0.25) is 0 Å². The molecule has 0 bridgehead atoms. The maximum absolute atomic E-state index is 5.69. The summed E-state index contributed by atoms with van der Waals surface area (Å²) < 4.78 is 0. The third-order valence-corrected chi connectivity index (χ3v) is 1.87. The number of hydrogen-bond acceptors (Lipinski definition) is 2. The molecule has 0 aliphatic rings. The van der Waals surface area contributed by atoms with Crippen molar-refractivity contribution in [3.63, 3.8) is 0 Å². The fourth-order valence-electron chi connectivity index (χ4n) is 0.930. The van der Waals surface area contributed by atoms with Crippen molar-refractivity contribution in [1.29, 1.82) is 0 Å². The Bertz CT molecular complexity index is 231. The van der Waals surface area contributed by atoms with Gasteiger partial charge in [-0.1, -0.05) is 11.6 Å². The summed E-state index contributed by atoms with van der Waals surface area (Å²) in [5.41, 5.74) is 6.67. The van der Waals surface area contributed by atoms with Crippen molar-refractivity contribution in [3.8, 4) is 0 Å². The highest BCUT2D eigenvalue weighted by Crippen LogP contribution is 2.07. The summed E-state index contributed by atoms with van der Waals surface area (Å²) >= 11 is 5.69. The van der Waals surface area contributed by atoms with Crippen LogP contribution >= 0.6 is 11.6 Å². The molecular weight excluding hydrogens is 172 g/mol. The van der Waals surface area contributed by atoms with E-state index in [2.05, 4.69) is 4.98 Å². The van der Waals surface area contributed by atoms with Gasteiger partial charge in [0, 0.05) is 17.9 Å². The minimum atomic E-state index is 0.238. The highest BCUT2D eigenvalue weighted by atomic mass is 35.5. The van der Waals surface area contributed by atoms with Crippen LogP contribution in [0.1, 0.15) is 19.0 Å². The maximum atomic E-state index is 5.69. The first-order chi connectivity index (χ1) is 5.68. The second-order valence-corrected chi connectivity index (χ2v) is 3.42. The predicted octanol–water partition coefficient (Wildman–Crippen LogP) is 2.01. The zero-order valence-corrected chi connectivity index (χ0v) is 7.88. The van der Waals surface area contributed by atoms with Crippen molar-refractivity contribution in [2.45, 2.75) is 25.8 Å². The lowest BCUT2D eigenvalue weighted by Crippen LogP contribution is -2.15. The molecule has 0 aliphatic heterocycles. The minimum absolute atomic E-state index is 0.238. The molecule has 2 nitrogen and oxygen atoms in total. The average molecular weight is 185 g/mol. The average Bonchev–Trinajstić information content (AvgIpc) is 2.03. The van der Waals surface area contributed by atoms with E-state index in [-0.39, 0.29) is 6.04 Å². The van der Waals surface area contributed by atoms with Crippen molar-refractivity contribution >= 4 is 11.6 Å². The van der Waals surface area contributed by atoms with E-state index in [1.807, 2.05) is 19.1 Å². The minimum Gasteiger partial charge on any atom is -0.328 e. The molecule has 3 heteroatoms. The van der Waals surface area contributed by atoms with Crippen LogP contribution in [-0.2, 0) is 6.42 Å². The summed E-state index contributed by atoms with van der Waals surface area (Å²) in [4.78, 5) is 4.16. The lowest BCUT2D eigenvalue weighted by Gasteiger charge is -2.03. The molecule has 0 saturated heterocycles. The molecule has 1 aromatic rings. The van der Waals surface area contributed by atoms with Crippen LogP contribution in [0.5, 0.6) is 0 Å². The molecule has 0 aromatic carbocycles. The van der Waals surface area contributed by atoms with Gasteiger partial charge in [0.25, 0.3) is 0 Å². The molecule has 1 heterocycles. The number of nitrogens with two attached hydrogens (primary N) is 1. The van der Waals surface area contributed by atoms with Crippen LogP contribution in [0.2, 0.25) is 5.02 Å². The molecule has 1 atom stereocenters. The van der Waals surface area contributed by atoms with Gasteiger partial charge in [0.15, 0.2) is 0 Å². The van der Waals surface area contributed by atoms with E-state index in [9.17, 15) is 0 Å². The van der Waals surface area contributed by atoms with Crippen LogP contribution in [0.25, 0.3) is 0 Å². The Hall–Kier alpha value is -0.600. The van der Waals surface area contributed by atoms with E-state index in [1.54, 1.807) is 6.20 Å². The van der Waals surface area contributed by atoms with Gasteiger partial charge in [-0.3, -0.25) is 4.98 Å². The molecule has 0 fully saturated rings. The van der Waals surface area contributed by atoms with E-state index < -0.39 is 0 Å². The Balaban J connectivity index is 2.48. The first-order valence-corrected chi connectivity index (χ1v) is 4.42. The van der Waals surface area contributed by atoms with E-state index in [4.69, 9.17) is 17.3 Å². The van der Waals surface area contributed by atoms with Gasteiger partial charge in [0.05, 0.1) is 5.02 Å². The Kier molecular flexibility index (Phi) is 3.50. The summed E-state index contributed by atoms with van der Waals surface area (Å²) in [6.07, 6.45) is 3.56. The van der Waals surface area contributed by atoms with Crippen molar-refractivity contribution in [2.75, 3.05) is 0 Å². The molecule has 0 amide bonds. The first kappa shape index (κ1) is 9.49. The summed E-state index contributed by atoms with van der Waals surface area (Å²) in [6.45, 7) is 2.00. The summed E-state index contributed by atoms with van der Waals surface area (Å²) in [5.74, 6) is 0. The van der Waals surface area contributed by atoms with E-state index in [1.165, 1.54) is 0 Å². The van der Waals surface area contributed by atoms with Gasteiger partial charge >= 0.3 is 0 Å². The molecular formula is C9H13ClN2. The molecule has 66 valence electrons. The number of nitrogens with zero attached hydrogens (tertiary/aromatic N) is 1. The van der Waals surface area contributed by atoms with Gasteiger partial charge in [-0.25, -0.2) is 0 Å². The molecule has 2 N–H and O–H groups in total. The predicted molar refractivity (Wildman–Crippen MR) is 51.2 cm³/mol. The van der Waals surface area contributed by atoms with Gasteiger partial charge in [-0.05, 0) is 31.9 Å². The van der Waals surface area contributed by atoms with E-state index in [0.29, 0.717) is 5.02 Å². The van der Waals surface area contributed by atoms with Crippen LogP contribution < -0.4 is 5.73 Å². The highest BCUT2D eigenvalue weighted by Gasteiger charge is 1.97. The molecule has 0 radical (unpaired) electrons. The Morgan fingerprint density at radius 1 is 1.58 bits per heavy atom. The second kappa shape index (κ2) is 4.43. The van der Waals surface area contributed by atoms with Gasteiger partial charge in [-0.2, -0.15) is 0 Å². The van der Waals surface area contributed by atoms with Crippen molar-refractivity contribution in [2.24, 2.45) is 5.73 Å². The van der Waals surface area contributed by atoms with Crippen molar-refractivity contribution in [1.82, 2.24) is 4.98 Å². The van der Waals surface area contributed by atoms with E-state index >= 15 is 0 Å². The Morgan fingerprint density at radius 2 is 2.33 bits per heavy atom. The molecule has 0 spiro atoms. The first-order valence-electron chi connectivity index (χ1n) is 4.04. The third kappa shape index (κ3) is 3.20. The smallest absolute Gasteiger partial charge is 0.0589 e. The quantitative estimate of drug-likeness (QED) is 0.781. The topological polar surface area (TPSA) is 38.9 Å². The van der Waals surface area contributed by atoms with Gasteiger partial charge in [-0.15, -0.1) is 0 Å². The number of hydrogen-bond donors (Lipinski definition) is 1. The molecule has 0 aliphatic carbocycles. The summed E-state index contributed by atoms with van der Waals surface area (Å²) in [7, 11) is 0. The Morgan fingerprint density at radius 3 is 2.83 bits per heavy atom. The van der Waals surface area contributed by atoms with Crippen LogP contribution in [0.15, 0.2) is 18.3 Å². The van der Waals surface area contributed by atoms with Crippen LogP contribution in [0, 0.1) is 0 Å². The second-order valence-electron chi connectivity index (χ2n) is 2.98. The lowest BCUT2D eigenvalue weighted by atomic mass is 10.1. The van der Waals surface area contributed by atoms with Crippen LogP contribution in [0.3, 0.4) is 0 Å². The van der Waals surface area contributed by atoms with Gasteiger partial charge < -0.3 is 5.73 Å². The highest BCUT2D eigenvalue weighted by molar-refractivity contribution is 6.30. The third-order valence-electron chi connectivity index (χ3n) is 1.64. The zero-order chi connectivity index (χ0) is 8.97. The van der Waals surface area contributed by atoms with Crippen molar-refractivity contribution in [3.05, 3.63) is 29.0 Å². The van der Waals surface area contributed by atoms with Crippen LogP contribution in [0.4, 0.5) is 0 Å². The number of aromatic nitrogens is 1. The lowest BCUT2D eigenvalue weighted by molar-refractivity contribution is 0.658.